The van der Waals surface area contributed by atoms with Crippen molar-refractivity contribution in [3.63, 3.8) is 0 Å². The van der Waals surface area contributed by atoms with Crippen molar-refractivity contribution in [2.45, 2.75) is 0 Å². The molecule has 2 N–H and O–H groups in total. The van der Waals surface area contributed by atoms with Gasteiger partial charge >= 0.3 is 0 Å². The van der Waals surface area contributed by atoms with Crippen LogP contribution in [0.15, 0.2) is 82.4 Å². The average Bonchev–Trinajstić information content (AvgIpc) is 3.11. The van der Waals surface area contributed by atoms with Gasteiger partial charge in [0.1, 0.15) is 11.5 Å². The number of nitrogens with one attached hydrogen (secondary N) is 2. The molecular formula is C22H15BrFN3O. The van der Waals surface area contributed by atoms with Crippen molar-refractivity contribution in [2.75, 3.05) is 0 Å². The number of hydrogen-bond acceptors (Lipinski definition) is 2. The van der Waals surface area contributed by atoms with Gasteiger partial charge in [-0.2, -0.15) is 5.10 Å². The summed E-state index contributed by atoms with van der Waals surface area (Å²) in [6.07, 6.45) is 1.55. The predicted octanol–water partition coefficient (Wildman–Crippen LogP) is 5.50. The normalized spacial score (nSPS) is 11.2. The Balaban J connectivity index is 1.70. The third kappa shape index (κ3) is 3.59. The number of para-hydroxylation sites is 1. The molecule has 0 saturated heterocycles. The van der Waals surface area contributed by atoms with Crippen LogP contribution in [0.25, 0.3) is 22.0 Å². The second-order valence-electron chi connectivity index (χ2n) is 6.15. The van der Waals surface area contributed by atoms with Gasteiger partial charge < -0.3 is 4.98 Å². The van der Waals surface area contributed by atoms with Crippen LogP contribution in [0.2, 0.25) is 0 Å². The molecule has 1 heterocycles. The zero-order valence-corrected chi connectivity index (χ0v) is 16.2. The molecule has 138 valence electrons. The van der Waals surface area contributed by atoms with Crippen LogP contribution in [-0.2, 0) is 0 Å². The Morgan fingerprint density at radius 1 is 1.00 bits per heavy atom. The molecule has 0 unspecified atom stereocenters. The highest BCUT2D eigenvalue weighted by Crippen LogP contribution is 2.33. The summed E-state index contributed by atoms with van der Waals surface area (Å²) < 4.78 is 15.2. The number of halogens is 2. The summed E-state index contributed by atoms with van der Waals surface area (Å²) in [5, 5.41) is 4.67. The highest BCUT2D eigenvalue weighted by molar-refractivity contribution is 9.10. The summed E-state index contributed by atoms with van der Waals surface area (Å²) in [5.41, 5.74) is 5.38. The zero-order chi connectivity index (χ0) is 19.5. The standard InChI is InChI=1S/C22H15BrFN3O/c23-16-11-9-14(10-12-16)13-25-27-22(28)21-19(15-5-2-1-3-6-15)17-7-4-8-18(24)20(17)26-21/h1-13,26H,(H,27,28)/b25-13-. The smallest absolute Gasteiger partial charge is 0.288 e. The minimum Gasteiger partial charge on any atom is -0.348 e. The van der Waals surface area contributed by atoms with Crippen molar-refractivity contribution in [2.24, 2.45) is 5.10 Å². The van der Waals surface area contributed by atoms with E-state index in [9.17, 15) is 9.18 Å². The van der Waals surface area contributed by atoms with Gasteiger partial charge in [-0.05, 0) is 29.3 Å². The van der Waals surface area contributed by atoms with Gasteiger partial charge in [-0.25, -0.2) is 9.82 Å². The zero-order valence-electron chi connectivity index (χ0n) is 14.6. The molecular weight excluding hydrogens is 421 g/mol. The number of aromatic amines is 1. The first-order chi connectivity index (χ1) is 13.6. The fourth-order valence-electron chi connectivity index (χ4n) is 3.03. The van der Waals surface area contributed by atoms with E-state index >= 15 is 0 Å². The molecule has 4 aromatic rings. The lowest BCUT2D eigenvalue weighted by molar-refractivity contribution is 0.0951. The summed E-state index contributed by atoms with van der Waals surface area (Å²) in [6.45, 7) is 0. The molecule has 6 heteroatoms. The van der Waals surface area contributed by atoms with Crippen LogP contribution >= 0.6 is 15.9 Å². The van der Waals surface area contributed by atoms with Gasteiger partial charge in [0.15, 0.2) is 0 Å². The number of hydrogen-bond donors (Lipinski definition) is 2. The van der Waals surface area contributed by atoms with Crippen molar-refractivity contribution >= 4 is 39.0 Å². The molecule has 0 spiro atoms. The molecule has 0 fully saturated rings. The number of carbonyl (C=O) groups excluding carboxylic acids is 1. The van der Waals surface area contributed by atoms with E-state index in [1.807, 2.05) is 54.6 Å². The number of rotatable bonds is 4. The number of hydrazone groups is 1. The van der Waals surface area contributed by atoms with E-state index in [0.29, 0.717) is 16.5 Å². The molecule has 0 atom stereocenters. The third-order valence-electron chi connectivity index (χ3n) is 4.32. The first-order valence-electron chi connectivity index (χ1n) is 8.58. The van der Waals surface area contributed by atoms with E-state index in [2.05, 4.69) is 31.4 Å². The van der Waals surface area contributed by atoms with Gasteiger partial charge in [0, 0.05) is 15.4 Å². The molecule has 28 heavy (non-hydrogen) atoms. The van der Waals surface area contributed by atoms with Crippen molar-refractivity contribution in [3.05, 3.63) is 94.3 Å². The van der Waals surface area contributed by atoms with Crippen LogP contribution in [0.4, 0.5) is 4.39 Å². The third-order valence-corrected chi connectivity index (χ3v) is 4.85. The molecule has 0 saturated carbocycles. The van der Waals surface area contributed by atoms with E-state index in [-0.39, 0.29) is 5.69 Å². The fraction of sp³-hybridized carbons (Fsp3) is 0. The van der Waals surface area contributed by atoms with Gasteiger partial charge in [0.2, 0.25) is 0 Å². The summed E-state index contributed by atoms with van der Waals surface area (Å²) in [6, 6.07) is 21.7. The van der Waals surface area contributed by atoms with Crippen molar-refractivity contribution in [1.82, 2.24) is 10.4 Å². The number of fused-ring (bicyclic) bond motifs is 1. The van der Waals surface area contributed by atoms with Crippen LogP contribution in [0.5, 0.6) is 0 Å². The molecule has 4 nitrogen and oxygen atoms in total. The predicted molar refractivity (Wildman–Crippen MR) is 113 cm³/mol. The second-order valence-corrected chi connectivity index (χ2v) is 7.07. The first kappa shape index (κ1) is 18.1. The molecule has 0 aliphatic heterocycles. The molecule has 3 aromatic carbocycles. The van der Waals surface area contributed by atoms with Gasteiger partial charge in [0.25, 0.3) is 5.91 Å². The largest absolute Gasteiger partial charge is 0.348 e. The lowest BCUT2D eigenvalue weighted by Gasteiger charge is -2.04. The minimum absolute atomic E-state index is 0.263. The summed E-state index contributed by atoms with van der Waals surface area (Å²) in [4.78, 5) is 15.7. The van der Waals surface area contributed by atoms with E-state index in [1.165, 1.54) is 6.07 Å². The van der Waals surface area contributed by atoms with Crippen LogP contribution < -0.4 is 5.43 Å². The maximum Gasteiger partial charge on any atom is 0.288 e. The van der Waals surface area contributed by atoms with Crippen LogP contribution in [0.3, 0.4) is 0 Å². The Morgan fingerprint density at radius 3 is 2.50 bits per heavy atom. The Bertz CT molecular complexity index is 1170. The van der Waals surface area contributed by atoms with Crippen LogP contribution in [0.1, 0.15) is 16.1 Å². The maximum atomic E-state index is 14.3. The lowest BCUT2D eigenvalue weighted by atomic mass is 10.0. The first-order valence-corrected chi connectivity index (χ1v) is 9.37. The molecule has 1 amide bonds. The highest BCUT2D eigenvalue weighted by atomic mass is 79.9. The molecule has 0 bridgehead atoms. The number of benzene rings is 3. The second kappa shape index (κ2) is 7.78. The van der Waals surface area contributed by atoms with E-state index in [1.54, 1.807) is 18.3 Å². The number of nitrogens with zero attached hydrogens (tertiary/aromatic N) is 1. The molecule has 1 aromatic heterocycles. The molecule has 0 aliphatic carbocycles. The van der Waals surface area contributed by atoms with Crippen LogP contribution in [-0.4, -0.2) is 17.1 Å². The van der Waals surface area contributed by atoms with Gasteiger partial charge in [-0.15, -0.1) is 0 Å². The lowest BCUT2D eigenvalue weighted by Crippen LogP contribution is -2.18. The number of aromatic nitrogens is 1. The number of amides is 1. The Labute approximate surface area is 169 Å². The average molecular weight is 436 g/mol. The van der Waals surface area contributed by atoms with Crippen molar-refractivity contribution in [3.8, 4) is 11.1 Å². The van der Waals surface area contributed by atoms with Gasteiger partial charge in [0.05, 0.1) is 11.7 Å². The van der Waals surface area contributed by atoms with Gasteiger partial charge in [-0.1, -0.05) is 70.5 Å². The van der Waals surface area contributed by atoms with E-state index in [4.69, 9.17) is 0 Å². The van der Waals surface area contributed by atoms with E-state index < -0.39 is 11.7 Å². The maximum absolute atomic E-state index is 14.3. The highest BCUT2D eigenvalue weighted by Gasteiger charge is 2.20. The number of H-pyrrole nitrogens is 1. The topological polar surface area (TPSA) is 57.2 Å². The van der Waals surface area contributed by atoms with Crippen molar-refractivity contribution in [1.29, 1.82) is 0 Å². The molecule has 0 radical (unpaired) electrons. The van der Waals surface area contributed by atoms with Gasteiger partial charge in [-0.3, -0.25) is 4.79 Å². The van der Waals surface area contributed by atoms with Crippen molar-refractivity contribution < 1.29 is 9.18 Å². The Kier molecular flexibility index (Phi) is 5.04. The molecule has 4 rings (SSSR count). The minimum atomic E-state index is -0.442. The summed E-state index contributed by atoms with van der Waals surface area (Å²) >= 11 is 3.37. The monoisotopic (exact) mass is 435 g/mol. The molecule has 0 aliphatic rings. The SMILES string of the molecule is O=C(N/N=C\c1ccc(Br)cc1)c1[nH]c2c(F)cccc2c1-c1ccccc1. The quantitative estimate of drug-likeness (QED) is 0.322. The Morgan fingerprint density at radius 2 is 1.75 bits per heavy atom. The summed E-state index contributed by atoms with van der Waals surface area (Å²) in [5.74, 6) is -0.852. The fourth-order valence-corrected chi connectivity index (χ4v) is 3.29. The number of carbonyl (C=O) groups is 1. The van der Waals surface area contributed by atoms with Crippen LogP contribution in [0, 0.1) is 5.82 Å². The van der Waals surface area contributed by atoms with E-state index in [0.717, 1.165) is 15.6 Å². The summed E-state index contributed by atoms with van der Waals surface area (Å²) in [7, 11) is 0. The Hall–Kier alpha value is -3.25.